The Morgan fingerprint density at radius 1 is 1.18 bits per heavy atom. The quantitative estimate of drug-likeness (QED) is 0.245. The van der Waals surface area contributed by atoms with Gasteiger partial charge in [0.1, 0.15) is 28.7 Å². The van der Waals surface area contributed by atoms with Gasteiger partial charge in [0.25, 0.3) is 0 Å². The summed E-state index contributed by atoms with van der Waals surface area (Å²) in [7, 11) is 1.62. The summed E-state index contributed by atoms with van der Waals surface area (Å²) in [6.07, 6.45) is 6.97. The lowest BCUT2D eigenvalue weighted by Gasteiger charge is -2.10. The van der Waals surface area contributed by atoms with E-state index >= 15 is 0 Å². The number of aliphatic hydroxyl groups excluding tert-OH is 1. The molecule has 5 aromatic heterocycles. The van der Waals surface area contributed by atoms with Crippen LogP contribution in [0.5, 0.6) is 5.88 Å². The van der Waals surface area contributed by atoms with Crippen molar-refractivity contribution in [3.05, 3.63) is 54.6 Å². The molecule has 0 aliphatic heterocycles. The minimum absolute atomic E-state index is 0.000261. The second-order valence-electron chi connectivity index (χ2n) is 8.54. The lowest BCUT2D eigenvalue weighted by atomic mass is 10.1. The van der Waals surface area contributed by atoms with Gasteiger partial charge in [-0.1, -0.05) is 6.92 Å². The molecular weight excluding hydrogens is 492 g/mol. The van der Waals surface area contributed by atoms with E-state index < -0.39 is 5.97 Å². The minimum Gasteiger partial charge on any atom is -0.493 e. The molecule has 0 radical (unpaired) electrons. The van der Waals surface area contributed by atoms with Gasteiger partial charge in [0.15, 0.2) is 11.6 Å². The summed E-state index contributed by atoms with van der Waals surface area (Å²) in [4.78, 5) is 30.1. The number of anilines is 2. The van der Waals surface area contributed by atoms with Gasteiger partial charge in [0.2, 0.25) is 11.6 Å². The van der Waals surface area contributed by atoms with Gasteiger partial charge in [-0.2, -0.15) is 5.10 Å². The van der Waals surface area contributed by atoms with Crippen molar-refractivity contribution in [1.82, 2.24) is 34.1 Å². The molecule has 5 heterocycles. The molecule has 0 unspecified atom stereocenters. The van der Waals surface area contributed by atoms with Crippen molar-refractivity contribution < 1.29 is 24.2 Å². The number of hydrogen-bond donors (Lipinski definition) is 3. The number of fused-ring (bicyclic) bond motifs is 1. The van der Waals surface area contributed by atoms with Crippen molar-refractivity contribution in [2.24, 2.45) is 7.05 Å². The Morgan fingerprint density at radius 3 is 2.76 bits per heavy atom. The highest BCUT2D eigenvalue weighted by molar-refractivity contribution is 5.87. The molecule has 1 atom stereocenters. The first-order valence-corrected chi connectivity index (χ1v) is 12.0. The van der Waals surface area contributed by atoms with Gasteiger partial charge in [0, 0.05) is 25.8 Å². The van der Waals surface area contributed by atoms with Crippen LogP contribution in [0.25, 0.3) is 28.4 Å². The van der Waals surface area contributed by atoms with Crippen LogP contribution in [0.1, 0.15) is 42.6 Å². The summed E-state index contributed by atoms with van der Waals surface area (Å²) in [5, 5.41) is 26.9. The highest BCUT2D eigenvalue weighted by Crippen LogP contribution is 2.31. The molecule has 13 nitrogen and oxygen atoms in total. The van der Waals surface area contributed by atoms with Gasteiger partial charge in [-0.25, -0.2) is 29.4 Å². The van der Waals surface area contributed by atoms with Crippen LogP contribution in [0.4, 0.5) is 11.6 Å². The van der Waals surface area contributed by atoms with E-state index in [1.54, 1.807) is 50.8 Å². The van der Waals surface area contributed by atoms with Crippen LogP contribution in [0.3, 0.4) is 0 Å². The van der Waals surface area contributed by atoms with Crippen LogP contribution in [0, 0.1) is 0 Å². The molecule has 0 aliphatic carbocycles. The molecule has 5 rings (SSSR count). The third-order valence-corrected chi connectivity index (χ3v) is 5.93. The maximum absolute atomic E-state index is 12.1. The molecule has 0 aromatic carbocycles. The Labute approximate surface area is 216 Å². The first-order chi connectivity index (χ1) is 18.4. The smallest absolute Gasteiger partial charge is 0.374 e. The lowest BCUT2D eigenvalue weighted by molar-refractivity contribution is 0.0491. The van der Waals surface area contributed by atoms with Crippen LogP contribution < -0.4 is 5.32 Å². The molecule has 5 aromatic rings. The van der Waals surface area contributed by atoms with Crippen molar-refractivity contribution in [3.8, 4) is 28.7 Å². The van der Waals surface area contributed by atoms with Gasteiger partial charge in [-0.3, -0.25) is 4.40 Å². The summed E-state index contributed by atoms with van der Waals surface area (Å²) >= 11 is 0. The fraction of sp³-hybridized carbons (Fsp3) is 0.280. The number of carbonyl (C=O) groups is 1. The summed E-state index contributed by atoms with van der Waals surface area (Å²) in [5.74, 6) is 1.72. The topological polar surface area (TPSA) is 166 Å². The number of aliphatic hydroxyl groups is 1. The van der Waals surface area contributed by atoms with E-state index in [0.29, 0.717) is 52.2 Å². The molecule has 0 saturated heterocycles. The number of rotatable bonds is 9. The number of nitrogens with one attached hydrogen (secondary N) is 1. The standard InChI is InChI=1S/C25H26N8O5/c1-4-37-25(36)18-6-5-17(38-18)21-16-12-27-20(13-33(16)23(31-21)14(2)8-10-34)29-19-7-9-26-22(30-19)15-11-28-32(3)24(15)35/h5-7,9,11-14,34-35H,4,8,10H2,1-3H3,(H,26,29,30)/t14-/m0/s1. The minimum atomic E-state index is -0.551. The summed E-state index contributed by atoms with van der Waals surface area (Å²) in [6, 6.07) is 4.89. The Balaban J connectivity index is 1.51. The predicted molar refractivity (Wildman–Crippen MR) is 136 cm³/mol. The molecule has 196 valence electrons. The molecule has 13 heteroatoms. The maximum atomic E-state index is 12.1. The van der Waals surface area contributed by atoms with Crippen molar-refractivity contribution in [3.63, 3.8) is 0 Å². The molecule has 0 spiro atoms. The number of imidazole rings is 1. The van der Waals surface area contributed by atoms with Crippen molar-refractivity contribution in [1.29, 1.82) is 0 Å². The average Bonchev–Trinajstić information content (AvgIpc) is 3.62. The monoisotopic (exact) mass is 518 g/mol. The first-order valence-electron chi connectivity index (χ1n) is 12.0. The third-order valence-electron chi connectivity index (χ3n) is 5.93. The predicted octanol–water partition coefficient (Wildman–Crippen LogP) is 3.29. The Bertz CT molecular complexity index is 1600. The van der Waals surface area contributed by atoms with Crippen molar-refractivity contribution in [2.45, 2.75) is 26.2 Å². The van der Waals surface area contributed by atoms with Crippen molar-refractivity contribution in [2.75, 3.05) is 18.5 Å². The Hall–Kier alpha value is -4.78. The number of esters is 1. The lowest BCUT2D eigenvalue weighted by Crippen LogP contribution is -2.05. The van der Waals surface area contributed by atoms with E-state index in [-0.39, 0.29) is 30.8 Å². The first kappa shape index (κ1) is 24.9. The van der Waals surface area contributed by atoms with E-state index in [1.807, 2.05) is 11.3 Å². The van der Waals surface area contributed by atoms with Crippen LogP contribution in [-0.4, -0.2) is 63.5 Å². The van der Waals surface area contributed by atoms with Crippen LogP contribution in [0.2, 0.25) is 0 Å². The van der Waals surface area contributed by atoms with Gasteiger partial charge in [0.05, 0.1) is 30.7 Å². The molecule has 3 N–H and O–H groups in total. The summed E-state index contributed by atoms with van der Waals surface area (Å²) < 4.78 is 14.0. The fourth-order valence-corrected chi connectivity index (χ4v) is 3.98. The number of aromatic nitrogens is 7. The maximum Gasteiger partial charge on any atom is 0.374 e. The Kier molecular flexibility index (Phi) is 6.75. The number of hydrogen-bond acceptors (Lipinski definition) is 11. The summed E-state index contributed by atoms with van der Waals surface area (Å²) in [6.45, 7) is 3.93. The van der Waals surface area contributed by atoms with Gasteiger partial charge in [-0.15, -0.1) is 0 Å². The molecule has 0 amide bonds. The number of aryl methyl sites for hydroxylation is 1. The average molecular weight is 519 g/mol. The van der Waals surface area contributed by atoms with E-state index in [2.05, 4.69) is 25.4 Å². The van der Waals surface area contributed by atoms with E-state index in [9.17, 15) is 15.0 Å². The highest BCUT2D eigenvalue weighted by Gasteiger charge is 2.22. The zero-order valence-corrected chi connectivity index (χ0v) is 21.0. The molecule has 0 bridgehead atoms. The summed E-state index contributed by atoms with van der Waals surface area (Å²) in [5.41, 5.74) is 1.57. The second kappa shape index (κ2) is 10.3. The Morgan fingerprint density at radius 2 is 2.03 bits per heavy atom. The second-order valence-corrected chi connectivity index (χ2v) is 8.54. The molecule has 0 saturated carbocycles. The van der Waals surface area contributed by atoms with Gasteiger partial charge in [-0.05, 0) is 31.5 Å². The zero-order chi connectivity index (χ0) is 26.8. The van der Waals surface area contributed by atoms with Crippen LogP contribution >= 0.6 is 0 Å². The molecule has 38 heavy (non-hydrogen) atoms. The largest absolute Gasteiger partial charge is 0.493 e. The fourth-order valence-electron chi connectivity index (χ4n) is 3.98. The number of ether oxygens (including phenoxy) is 1. The number of aromatic hydroxyl groups is 1. The van der Waals surface area contributed by atoms with E-state index in [1.165, 1.54) is 10.9 Å². The van der Waals surface area contributed by atoms with E-state index in [0.717, 1.165) is 0 Å². The van der Waals surface area contributed by atoms with Crippen LogP contribution in [-0.2, 0) is 11.8 Å². The molecule has 0 aliphatic rings. The van der Waals surface area contributed by atoms with Gasteiger partial charge >= 0.3 is 5.97 Å². The van der Waals surface area contributed by atoms with Crippen molar-refractivity contribution >= 4 is 23.1 Å². The SMILES string of the molecule is CCOC(=O)c1ccc(-c2nc([C@@H](C)CCO)n3cc(Nc4ccnc(-c5cnn(C)c5O)n4)ncc23)o1. The molecule has 0 fully saturated rings. The number of nitrogens with zero attached hydrogens (tertiary/aromatic N) is 7. The third kappa shape index (κ3) is 4.66. The zero-order valence-electron chi connectivity index (χ0n) is 21.0. The van der Waals surface area contributed by atoms with Crippen LogP contribution in [0.15, 0.2) is 47.4 Å². The normalized spacial score (nSPS) is 12.1. The van der Waals surface area contributed by atoms with Gasteiger partial charge < -0.3 is 24.7 Å². The number of carbonyl (C=O) groups excluding carboxylic acids is 1. The highest BCUT2D eigenvalue weighted by atomic mass is 16.5. The number of furan rings is 1. The molecular formula is C25H26N8O5. The van der Waals surface area contributed by atoms with E-state index in [4.69, 9.17) is 14.1 Å².